The molecule has 20 heavy (non-hydrogen) atoms. The van der Waals surface area contributed by atoms with E-state index in [1.165, 1.54) is 0 Å². The molecule has 0 saturated carbocycles. The van der Waals surface area contributed by atoms with Crippen molar-refractivity contribution in [3.05, 3.63) is 42.2 Å². The first-order chi connectivity index (χ1) is 9.78. The van der Waals surface area contributed by atoms with E-state index in [1.807, 2.05) is 31.3 Å². The number of tetrazole rings is 1. The third-order valence-electron chi connectivity index (χ3n) is 3.16. The molecule has 3 rings (SSSR count). The Kier molecular flexibility index (Phi) is 3.26. The molecule has 1 aromatic carbocycles. The van der Waals surface area contributed by atoms with E-state index in [4.69, 9.17) is 4.74 Å². The molecule has 7 heteroatoms. The van der Waals surface area contributed by atoms with E-state index in [1.54, 1.807) is 18.0 Å². The van der Waals surface area contributed by atoms with Gasteiger partial charge in [-0.15, -0.1) is 5.10 Å². The lowest BCUT2D eigenvalue weighted by atomic mass is 10.0. The van der Waals surface area contributed by atoms with E-state index in [0.29, 0.717) is 5.95 Å². The average molecular weight is 270 g/mol. The number of rotatable bonds is 4. The summed E-state index contributed by atoms with van der Waals surface area (Å²) < 4.78 is 6.91. The van der Waals surface area contributed by atoms with E-state index < -0.39 is 0 Å². The van der Waals surface area contributed by atoms with E-state index in [2.05, 4.69) is 31.8 Å². The Hall–Kier alpha value is -2.54. The van der Waals surface area contributed by atoms with Gasteiger partial charge in [-0.05, 0) is 29.3 Å². The Bertz CT molecular complexity index is 690. The second-order valence-corrected chi connectivity index (χ2v) is 4.39. The summed E-state index contributed by atoms with van der Waals surface area (Å²) in [6.45, 7) is 2.02. The first kappa shape index (κ1) is 12.5. The van der Waals surface area contributed by atoms with Crippen LogP contribution in [0.3, 0.4) is 0 Å². The van der Waals surface area contributed by atoms with E-state index in [0.717, 1.165) is 16.7 Å². The molecule has 0 unspecified atom stereocenters. The monoisotopic (exact) mass is 270 g/mol. The maximum Gasteiger partial charge on any atom is 0.290 e. The van der Waals surface area contributed by atoms with E-state index in [-0.39, 0.29) is 6.10 Å². The quantitative estimate of drug-likeness (QED) is 0.781. The highest BCUT2D eigenvalue weighted by atomic mass is 16.5. The molecule has 2 aromatic heterocycles. The van der Waals surface area contributed by atoms with Gasteiger partial charge in [0.05, 0.1) is 12.3 Å². The fraction of sp³-hybridized carbons (Fsp3) is 0.231. The zero-order valence-electron chi connectivity index (χ0n) is 11.2. The number of hydrogen-bond acceptors (Lipinski definition) is 5. The van der Waals surface area contributed by atoms with E-state index in [9.17, 15) is 0 Å². The van der Waals surface area contributed by atoms with Crippen molar-refractivity contribution in [2.75, 3.05) is 7.11 Å². The highest BCUT2D eigenvalue weighted by molar-refractivity contribution is 5.63. The molecular formula is C13H14N6O. The van der Waals surface area contributed by atoms with Crippen molar-refractivity contribution in [3.63, 3.8) is 0 Å². The second-order valence-electron chi connectivity index (χ2n) is 4.39. The molecule has 0 spiro atoms. The lowest BCUT2D eigenvalue weighted by Gasteiger charge is -2.10. The van der Waals surface area contributed by atoms with Gasteiger partial charge in [0.1, 0.15) is 0 Å². The molecule has 0 radical (unpaired) electrons. The number of nitrogens with one attached hydrogen (secondary N) is 1. The minimum Gasteiger partial charge on any atom is -0.377 e. The van der Waals surface area contributed by atoms with Crippen molar-refractivity contribution in [2.45, 2.75) is 13.0 Å². The standard InChI is InChI=1S/C13H14N6O/c1-9(20-2)10-4-3-5-11(6-10)12-7-14-19(8-12)13-15-17-18-16-13/h3-9H,1-2H3,(H,15,16,17,18)/t9-/m0/s1. The fourth-order valence-corrected chi connectivity index (χ4v) is 1.94. The van der Waals surface area contributed by atoms with Crippen LogP contribution in [0.4, 0.5) is 0 Å². The molecule has 0 fully saturated rings. The normalized spacial score (nSPS) is 12.5. The summed E-state index contributed by atoms with van der Waals surface area (Å²) in [6.07, 6.45) is 3.69. The Labute approximate surface area is 115 Å². The van der Waals surface area contributed by atoms with Crippen LogP contribution in [0.1, 0.15) is 18.6 Å². The number of benzene rings is 1. The number of aromatic amines is 1. The molecule has 0 aliphatic rings. The molecule has 0 aliphatic carbocycles. The van der Waals surface area contributed by atoms with Gasteiger partial charge in [-0.2, -0.15) is 10.3 Å². The van der Waals surface area contributed by atoms with Gasteiger partial charge in [0.15, 0.2) is 0 Å². The predicted octanol–water partition coefficient (Wildman–Crippen LogP) is 1.76. The summed E-state index contributed by atoms with van der Waals surface area (Å²) in [6, 6.07) is 8.17. The molecule has 102 valence electrons. The maximum absolute atomic E-state index is 5.34. The fourth-order valence-electron chi connectivity index (χ4n) is 1.94. The highest BCUT2D eigenvalue weighted by Gasteiger charge is 2.09. The number of hydrogen-bond donors (Lipinski definition) is 1. The Balaban J connectivity index is 1.93. The SMILES string of the molecule is CO[C@@H](C)c1cccc(-c2cnn(-c3nn[nH]n3)c2)c1. The Morgan fingerprint density at radius 1 is 1.30 bits per heavy atom. The van der Waals surface area contributed by atoms with Crippen LogP contribution in [-0.4, -0.2) is 37.5 Å². The summed E-state index contributed by atoms with van der Waals surface area (Å²) in [5, 5.41) is 17.9. The number of ether oxygens (including phenoxy) is 1. The van der Waals surface area contributed by atoms with Gasteiger partial charge >= 0.3 is 0 Å². The average Bonchev–Trinajstić information content (AvgIpc) is 3.17. The molecule has 1 atom stereocenters. The second kappa shape index (κ2) is 5.22. The van der Waals surface area contributed by atoms with Gasteiger partial charge in [0.2, 0.25) is 0 Å². The minimum absolute atomic E-state index is 0.0576. The predicted molar refractivity (Wildman–Crippen MR) is 72.2 cm³/mol. The number of H-pyrrole nitrogens is 1. The third kappa shape index (κ3) is 2.30. The van der Waals surface area contributed by atoms with Crippen molar-refractivity contribution in [2.24, 2.45) is 0 Å². The van der Waals surface area contributed by atoms with Crippen LogP contribution in [0.15, 0.2) is 36.7 Å². The lowest BCUT2D eigenvalue weighted by Crippen LogP contribution is -1.96. The molecule has 7 nitrogen and oxygen atoms in total. The van der Waals surface area contributed by atoms with Gasteiger partial charge in [-0.25, -0.2) is 4.68 Å². The molecular weight excluding hydrogens is 256 g/mol. The molecule has 0 bridgehead atoms. The van der Waals surface area contributed by atoms with Crippen molar-refractivity contribution in [1.82, 2.24) is 30.4 Å². The third-order valence-corrected chi connectivity index (χ3v) is 3.16. The molecule has 0 amide bonds. The summed E-state index contributed by atoms with van der Waals surface area (Å²) in [5.74, 6) is 0.415. The van der Waals surface area contributed by atoms with Crippen LogP contribution >= 0.6 is 0 Å². The van der Waals surface area contributed by atoms with Crippen LogP contribution in [0.2, 0.25) is 0 Å². The van der Waals surface area contributed by atoms with Crippen LogP contribution in [0.5, 0.6) is 0 Å². The van der Waals surface area contributed by atoms with Gasteiger partial charge in [0.25, 0.3) is 5.95 Å². The zero-order valence-corrected chi connectivity index (χ0v) is 11.2. The minimum atomic E-state index is 0.0576. The largest absolute Gasteiger partial charge is 0.377 e. The summed E-state index contributed by atoms with van der Waals surface area (Å²) >= 11 is 0. The Morgan fingerprint density at radius 3 is 2.95 bits per heavy atom. The first-order valence-corrected chi connectivity index (χ1v) is 6.19. The number of methoxy groups -OCH3 is 1. The summed E-state index contributed by atoms with van der Waals surface area (Å²) in [7, 11) is 1.70. The van der Waals surface area contributed by atoms with Gasteiger partial charge in [0, 0.05) is 18.9 Å². The van der Waals surface area contributed by atoms with E-state index >= 15 is 0 Å². The van der Waals surface area contributed by atoms with Gasteiger partial charge < -0.3 is 4.74 Å². The van der Waals surface area contributed by atoms with Crippen molar-refractivity contribution in [3.8, 4) is 17.1 Å². The van der Waals surface area contributed by atoms with Crippen LogP contribution in [0.25, 0.3) is 17.1 Å². The van der Waals surface area contributed by atoms with Crippen LogP contribution < -0.4 is 0 Å². The molecule has 1 N–H and O–H groups in total. The smallest absolute Gasteiger partial charge is 0.290 e. The lowest BCUT2D eigenvalue weighted by molar-refractivity contribution is 0.119. The summed E-state index contributed by atoms with van der Waals surface area (Å²) in [4.78, 5) is 0. The van der Waals surface area contributed by atoms with Crippen molar-refractivity contribution in [1.29, 1.82) is 0 Å². The van der Waals surface area contributed by atoms with Crippen LogP contribution in [0, 0.1) is 0 Å². The summed E-state index contributed by atoms with van der Waals surface area (Å²) in [5.41, 5.74) is 3.18. The zero-order chi connectivity index (χ0) is 13.9. The Morgan fingerprint density at radius 2 is 2.20 bits per heavy atom. The van der Waals surface area contributed by atoms with Gasteiger partial charge in [-0.1, -0.05) is 23.3 Å². The number of aromatic nitrogens is 6. The van der Waals surface area contributed by atoms with Crippen LogP contribution in [-0.2, 0) is 4.74 Å². The maximum atomic E-state index is 5.34. The number of nitrogens with zero attached hydrogens (tertiary/aromatic N) is 5. The van der Waals surface area contributed by atoms with Gasteiger partial charge in [-0.3, -0.25) is 0 Å². The molecule has 0 saturated heterocycles. The highest BCUT2D eigenvalue weighted by Crippen LogP contribution is 2.24. The molecule has 2 heterocycles. The first-order valence-electron chi connectivity index (χ1n) is 6.19. The van der Waals surface area contributed by atoms with Crippen molar-refractivity contribution < 1.29 is 4.74 Å². The molecule has 0 aliphatic heterocycles. The topological polar surface area (TPSA) is 81.5 Å². The van der Waals surface area contributed by atoms with Crippen molar-refractivity contribution >= 4 is 0 Å². The molecule has 3 aromatic rings.